The van der Waals surface area contributed by atoms with E-state index in [1.165, 1.54) is 0 Å². The van der Waals surface area contributed by atoms with Crippen molar-refractivity contribution in [2.45, 2.75) is 44.3 Å². The Morgan fingerprint density at radius 2 is 1.95 bits per heavy atom. The molecular formula is C15H19N3O3S. The zero-order chi connectivity index (χ0) is 15.7. The summed E-state index contributed by atoms with van der Waals surface area (Å²) in [6.07, 6.45) is 2.04. The molecule has 0 spiro atoms. The Bertz CT molecular complexity index is 747. The van der Waals surface area contributed by atoms with Crippen molar-refractivity contribution in [3.8, 4) is 0 Å². The van der Waals surface area contributed by atoms with Crippen LogP contribution in [0.25, 0.3) is 0 Å². The molecule has 0 amide bonds. The molecule has 1 heterocycles. The number of anilines is 1. The Labute approximate surface area is 130 Å². The lowest BCUT2D eigenvalue weighted by atomic mass is 10.1. The molecule has 1 aliphatic carbocycles. The molecule has 0 aliphatic heterocycles. The lowest BCUT2D eigenvalue weighted by Crippen LogP contribution is -2.17. The molecule has 6 nitrogen and oxygen atoms in total. The summed E-state index contributed by atoms with van der Waals surface area (Å²) in [6, 6.07) is 7.25. The molecule has 0 saturated heterocycles. The normalized spacial score (nSPS) is 15.2. The highest BCUT2D eigenvalue weighted by Gasteiger charge is 2.35. The number of nitrogens with zero attached hydrogens (tertiary/aromatic N) is 2. The van der Waals surface area contributed by atoms with Gasteiger partial charge in [-0.25, -0.2) is 8.42 Å². The maximum Gasteiger partial charge on any atom is 0.235 e. The molecule has 1 aromatic heterocycles. The number of hydrogen-bond acceptors (Lipinski definition) is 5. The molecule has 0 unspecified atom stereocenters. The minimum Gasteiger partial charge on any atom is -0.339 e. The van der Waals surface area contributed by atoms with E-state index in [1.54, 1.807) is 12.1 Å². The molecule has 22 heavy (non-hydrogen) atoms. The third kappa shape index (κ3) is 3.47. The van der Waals surface area contributed by atoms with E-state index in [4.69, 9.17) is 4.52 Å². The molecule has 0 radical (unpaired) electrons. The fourth-order valence-electron chi connectivity index (χ4n) is 2.07. The van der Waals surface area contributed by atoms with Crippen LogP contribution in [0.1, 0.15) is 49.9 Å². The molecule has 1 aliphatic rings. The van der Waals surface area contributed by atoms with Crippen molar-refractivity contribution in [1.29, 1.82) is 0 Å². The molecule has 3 rings (SSSR count). The number of hydrogen-bond donors (Lipinski definition) is 1. The highest BCUT2D eigenvalue weighted by molar-refractivity contribution is 7.93. The average molecular weight is 321 g/mol. The van der Waals surface area contributed by atoms with E-state index >= 15 is 0 Å². The minimum absolute atomic E-state index is 0.222. The number of rotatable bonds is 6. The quantitative estimate of drug-likeness (QED) is 0.884. The van der Waals surface area contributed by atoms with Crippen molar-refractivity contribution in [3.63, 3.8) is 0 Å². The lowest BCUT2D eigenvalue weighted by Gasteiger charge is -2.07. The van der Waals surface area contributed by atoms with Gasteiger partial charge in [0.1, 0.15) is 0 Å². The standard InChI is InChI=1S/C15H19N3O3S/c1-10(2)15-16-14(21-17-15)9-11-3-5-12(6-4-11)18-22(19,20)13-7-8-13/h3-6,10,13,18H,7-9H2,1-2H3. The van der Waals surface area contributed by atoms with Gasteiger partial charge in [-0.15, -0.1) is 0 Å². The second kappa shape index (κ2) is 5.72. The Morgan fingerprint density at radius 3 is 2.50 bits per heavy atom. The van der Waals surface area contributed by atoms with E-state index in [0.717, 1.165) is 18.4 Å². The second-order valence-electron chi connectivity index (χ2n) is 5.92. The van der Waals surface area contributed by atoms with Crippen molar-refractivity contribution in [2.75, 3.05) is 4.72 Å². The predicted molar refractivity (Wildman–Crippen MR) is 83.2 cm³/mol. The van der Waals surface area contributed by atoms with Crippen LogP contribution in [0.4, 0.5) is 5.69 Å². The van der Waals surface area contributed by atoms with Gasteiger partial charge in [0.2, 0.25) is 15.9 Å². The third-order valence-corrected chi connectivity index (χ3v) is 5.40. The molecule has 0 atom stereocenters. The zero-order valence-electron chi connectivity index (χ0n) is 12.6. The topological polar surface area (TPSA) is 85.1 Å². The molecule has 0 bridgehead atoms. The van der Waals surface area contributed by atoms with Gasteiger partial charge in [0.25, 0.3) is 0 Å². The van der Waals surface area contributed by atoms with Gasteiger partial charge in [0.15, 0.2) is 5.82 Å². The fourth-order valence-corrected chi connectivity index (χ4v) is 3.45. The monoisotopic (exact) mass is 321 g/mol. The van der Waals surface area contributed by atoms with Crippen LogP contribution in [0, 0.1) is 0 Å². The number of sulfonamides is 1. The molecule has 1 saturated carbocycles. The number of nitrogens with one attached hydrogen (secondary N) is 1. The van der Waals surface area contributed by atoms with Crippen LogP contribution >= 0.6 is 0 Å². The summed E-state index contributed by atoms with van der Waals surface area (Å²) in [7, 11) is -3.21. The van der Waals surface area contributed by atoms with Gasteiger partial charge in [-0.1, -0.05) is 31.1 Å². The number of aromatic nitrogens is 2. The van der Waals surface area contributed by atoms with Gasteiger partial charge in [-0.05, 0) is 30.5 Å². The molecule has 118 valence electrons. The van der Waals surface area contributed by atoms with E-state index in [9.17, 15) is 8.42 Å². The highest BCUT2D eigenvalue weighted by Crippen LogP contribution is 2.29. The first-order valence-electron chi connectivity index (χ1n) is 7.37. The summed E-state index contributed by atoms with van der Waals surface area (Å²) >= 11 is 0. The fraction of sp³-hybridized carbons (Fsp3) is 0.467. The first kappa shape index (κ1) is 15.0. The van der Waals surface area contributed by atoms with Gasteiger partial charge in [-0.2, -0.15) is 4.98 Å². The number of benzene rings is 1. The van der Waals surface area contributed by atoms with Crippen molar-refractivity contribution in [1.82, 2.24) is 10.1 Å². The van der Waals surface area contributed by atoms with Crippen LogP contribution in [-0.2, 0) is 16.4 Å². The maximum absolute atomic E-state index is 11.9. The van der Waals surface area contributed by atoms with Crippen molar-refractivity contribution in [2.24, 2.45) is 0 Å². The van der Waals surface area contributed by atoms with Gasteiger partial charge in [-0.3, -0.25) is 4.72 Å². The van der Waals surface area contributed by atoms with Crippen LogP contribution in [0.5, 0.6) is 0 Å². The maximum atomic E-state index is 11.9. The summed E-state index contributed by atoms with van der Waals surface area (Å²) in [5, 5.41) is 3.70. The van der Waals surface area contributed by atoms with E-state index in [1.807, 2.05) is 26.0 Å². The van der Waals surface area contributed by atoms with Gasteiger partial charge >= 0.3 is 0 Å². The van der Waals surface area contributed by atoms with Crippen LogP contribution in [0.15, 0.2) is 28.8 Å². The van der Waals surface area contributed by atoms with Crippen molar-refractivity contribution < 1.29 is 12.9 Å². The van der Waals surface area contributed by atoms with Crippen LogP contribution in [0.3, 0.4) is 0 Å². The Kier molecular flexibility index (Phi) is 3.90. The average Bonchev–Trinajstić information content (AvgIpc) is 3.22. The summed E-state index contributed by atoms with van der Waals surface area (Å²) in [6.45, 7) is 4.02. The van der Waals surface area contributed by atoms with E-state index in [2.05, 4.69) is 14.9 Å². The molecule has 2 aromatic rings. The van der Waals surface area contributed by atoms with Gasteiger partial charge in [0.05, 0.1) is 11.7 Å². The van der Waals surface area contributed by atoms with Crippen LogP contribution < -0.4 is 4.72 Å². The molecular weight excluding hydrogens is 302 g/mol. The summed E-state index contributed by atoms with van der Waals surface area (Å²) in [5.41, 5.74) is 1.58. The Hall–Kier alpha value is -1.89. The van der Waals surface area contributed by atoms with Crippen molar-refractivity contribution in [3.05, 3.63) is 41.5 Å². The summed E-state index contributed by atoms with van der Waals surface area (Å²) in [5.74, 6) is 1.50. The van der Waals surface area contributed by atoms with Crippen LogP contribution in [0.2, 0.25) is 0 Å². The zero-order valence-corrected chi connectivity index (χ0v) is 13.4. The van der Waals surface area contributed by atoms with E-state index < -0.39 is 10.0 Å². The SMILES string of the molecule is CC(C)c1noc(Cc2ccc(NS(=O)(=O)C3CC3)cc2)n1. The molecule has 1 aromatic carbocycles. The smallest absolute Gasteiger partial charge is 0.235 e. The van der Waals surface area contributed by atoms with Gasteiger partial charge < -0.3 is 4.52 Å². The van der Waals surface area contributed by atoms with Gasteiger partial charge in [0, 0.05) is 11.6 Å². The lowest BCUT2D eigenvalue weighted by molar-refractivity contribution is 0.377. The third-order valence-electron chi connectivity index (χ3n) is 3.53. The molecule has 7 heteroatoms. The first-order chi connectivity index (χ1) is 10.4. The Balaban J connectivity index is 1.66. The van der Waals surface area contributed by atoms with Crippen LogP contribution in [-0.4, -0.2) is 23.8 Å². The first-order valence-corrected chi connectivity index (χ1v) is 8.92. The molecule has 1 N–H and O–H groups in total. The minimum atomic E-state index is -3.21. The predicted octanol–water partition coefficient (Wildman–Crippen LogP) is 2.69. The van der Waals surface area contributed by atoms with Crippen molar-refractivity contribution >= 4 is 15.7 Å². The molecule has 1 fully saturated rings. The van der Waals surface area contributed by atoms with E-state index in [0.29, 0.717) is 23.8 Å². The van der Waals surface area contributed by atoms with E-state index in [-0.39, 0.29) is 11.2 Å². The Morgan fingerprint density at radius 1 is 1.27 bits per heavy atom. The highest BCUT2D eigenvalue weighted by atomic mass is 32.2. The summed E-state index contributed by atoms with van der Waals surface area (Å²) in [4.78, 5) is 4.33. The summed E-state index contributed by atoms with van der Waals surface area (Å²) < 4.78 is 31.5. The second-order valence-corrected chi connectivity index (χ2v) is 7.88. The largest absolute Gasteiger partial charge is 0.339 e.